The van der Waals surface area contributed by atoms with Crippen LogP contribution >= 0.6 is 11.3 Å². The highest BCUT2D eigenvalue weighted by molar-refractivity contribution is 7.09. The van der Waals surface area contributed by atoms with Gasteiger partial charge >= 0.3 is 5.97 Å². The molecule has 0 aliphatic rings. The molecule has 0 aromatic carbocycles. The predicted octanol–water partition coefficient (Wildman–Crippen LogP) is 0.986. The Bertz CT molecular complexity index is 273. The lowest BCUT2D eigenvalue weighted by Crippen LogP contribution is -2.20. The number of carbonyl (C=O) groups is 1. The van der Waals surface area contributed by atoms with Crippen molar-refractivity contribution in [1.82, 2.24) is 4.98 Å². The van der Waals surface area contributed by atoms with Crippen LogP contribution in [0.15, 0.2) is 11.6 Å². The first-order chi connectivity index (χ1) is 6.16. The summed E-state index contributed by atoms with van der Waals surface area (Å²) >= 11 is 1.32. The first-order valence-corrected chi connectivity index (χ1v) is 4.70. The number of esters is 1. The van der Waals surface area contributed by atoms with E-state index >= 15 is 0 Å². The van der Waals surface area contributed by atoms with Gasteiger partial charge in [0.25, 0.3) is 0 Å². The van der Waals surface area contributed by atoms with Crippen LogP contribution in [-0.4, -0.2) is 23.2 Å². The van der Waals surface area contributed by atoms with Crippen LogP contribution in [0, 0.1) is 5.92 Å². The van der Waals surface area contributed by atoms with Gasteiger partial charge in [0.05, 0.1) is 13.0 Å². The second-order valence-electron chi connectivity index (χ2n) is 2.63. The molecule has 0 spiro atoms. The van der Waals surface area contributed by atoms with Gasteiger partial charge in [0.2, 0.25) is 0 Å². The number of aliphatic hydroxyl groups excluding tert-OH is 1. The third-order valence-corrected chi connectivity index (χ3v) is 2.60. The Morgan fingerprint density at radius 2 is 2.46 bits per heavy atom. The molecule has 0 amide bonds. The molecule has 0 saturated carbocycles. The topological polar surface area (TPSA) is 59.4 Å². The largest absolute Gasteiger partial charge is 0.469 e. The summed E-state index contributed by atoms with van der Waals surface area (Å²) < 4.78 is 4.51. The van der Waals surface area contributed by atoms with E-state index in [9.17, 15) is 9.90 Å². The smallest absolute Gasteiger partial charge is 0.311 e. The van der Waals surface area contributed by atoms with Crippen molar-refractivity contribution < 1.29 is 14.6 Å². The molecule has 1 aromatic heterocycles. The van der Waals surface area contributed by atoms with Gasteiger partial charge in [0.1, 0.15) is 11.1 Å². The number of thiazole rings is 1. The van der Waals surface area contributed by atoms with Crippen molar-refractivity contribution >= 4 is 17.3 Å². The average molecular weight is 201 g/mol. The van der Waals surface area contributed by atoms with Crippen LogP contribution in [0.5, 0.6) is 0 Å². The summed E-state index contributed by atoms with van der Waals surface area (Å²) in [5.74, 6) is -1.00. The molecule has 0 bridgehead atoms. The Balaban J connectivity index is 2.68. The summed E-state index contributed by atoms with van der Waals surface area (Å²) in [6.07, 6.45) is 0.722. The van der Waals surface area contributed by atoms with Crippen LogP contribution in [0.3, 0.4) is 0 Å². The molecule has 0 fully saturated rings. The standard InChI is InChI=1S/C8H11NO3S/c1-5(8(11)12-2)6(10)7-9-3-4-13-7/h3-6,10H,1-2H3. The van der Waals surface area contributed by atoms with Crippen LogP contribution in [-0.2, 0) is 9.53 Å². The minimum absolute atomic E-state index is 0.428. The second-order valence-corrected chi connectivity index (χ2v) is 3.55. The number of methoxy groups -OCH3 is 1. The zero-order chi connectivity index (χ0) is 9.84. The molecule has 1 N–H and O–H groups in total. The molecule has 0 aliphatic heterocycles. The van der Waals surface area contributed by atoms with Gasteiger partial charge in [-0.1, -0.05) is 0 Å². The normalized spacial score (nSPS) is 15.0. The molecule has 0 radical (unpaired) electrons. The van der Waals surface area contributed by atoms with Gasteiger partial charge in [0.15, 0.2) is 0 Å². The minimum atomic E-state index is -0.868. The fourth-order valence-corrected chi connectivity index (χ4v) is 1.64. The van der Waals surface area contributed by atoms with E-state index < -0.39 is 18.0 Å². The Kier molecular flexibility index (Phi) is 3.39. The highest BCUT2D eigenvalue weighted by Gasteiger charge is 2.25. The lowest BCUT2D eigenvalue weighted by molar-refractivity contribution is -0.148. The lowest BCUT2D eigenvalue weighted by Gasteiger charge is -2.13. The lowest BCUT2D eigenvalue weighted by atomic mass is 10.1. The van der Waals surface area contributed by atoms with Crippen molar-refractivity contribution in [2.45, 2.75) is 13.0 Å². The molecule has 1 rings (SSSR count). The predicted molar refractivity (Wildman–Crippen MR) is 48.3 cm³/mol. The Morgan fingerprint density at radius 1 is 1.77 bits per heavy atom. The Morgan fingerprint density at radius 3 is 2.92 bits per heavy atom. The first-order valence-electron chi connectivity index (χ1n) is 3.82. The van der Waals surface area contributed by atoms with Crippen molar-refractivity contribution in [2.75, 3.05) is 7.11 Å². The second kappa shape index (κ2) is 4.34. The highest BCUT2D eigenvalue weighted by atomic mass is 32.1. The SMILES string of the molecule is COC(=O)C(C)C(O)c1nccs1. The molecule has 13 heavy (non-hydrogen) atoms. The summed E-state index contributed by atoms with van der Waals surface area (Å²) in [5.41, 5.74) is 0. The maximum Gasteiger partial charge on any atom is 0.311 e. The number of nitrogens with zero attached hydrogens (tertiary/aromatic N) is 1. The van der Waals surface area contributed by atoms with Crippen LogP contribution < -0.4 is 0 Å². The summed E-state index contributed by atoms with van der Waals surface area (Å²) in [7, 11) is 1.30. The van der Waals surface area contributed by atoms with E-state index in [1.807, 2.05) is 0 Å². The third-order valence-electron chi connectivity index (χ3n) is 1.75. The van der Waals surface area contributed by atoms with Gasteiger partial charge < -0.3 is 9.84 Å². The van der Waals surface area contributed by atoms with E-state index in [0.717, 1.165) is 0 Å². The van der Waals surface area contributed by atoms with Crippen molar-refractivity contribution in [1.29, 1.82) is 0 Å². The maximum absolute atomic E-state index is 11.0. The Labute approximate surface area is 80.2 Å². The number of ether oxygens (including phenoxy) is 1. The maximum atomic E-state index is 11.0. The molecular formula is C8H11NO3S. The molecule has 4 nitrogen and oxygen atoms in total. The summed E-state index contributed by atoms with van der Waals surface area (Å²) in [4.78, 5) is 15.0. The molecule has 1 aromatic rings. The third kappa shape index (κ3) is 2.26. The average Bonchev–Trinajstić information content (AvgIpc) is 2.67. The highest BCUT2D eigenvalue weighted by Crippen LogP contribution is 2.23. The monoisotopic (exact) mass is 201 g/mol. The van der Waals surface area contributed by atoms with Crippen LogP contribution in [0.4, 0.5) is 0 Å². The quantitative estimate of drug-likeness (QED) is 0.741. The van der Waals surface area contributed by atoms with Crippen molar-refractivity contribution in [2.24, 2.45) is 5.92 Å². The number of hydrogen-bond donors (Lipinski definition) is 1. The van der Waals surface area contributed by atoms with Gasteiger partial charge in [0, 0.05) is 11.6 Å². The van der Waals surface area contributed by atoms with Crippen molar-refractivity contribution in [3.63, 3.8) is 0 Å². The van der Waals surface area contributed by atoms with Gasteiger partial charge in [-0.25, -0.2) is 4.98 Å². The fraction of sp³-hybridized carbons (Fsp3) is 0.500. The van der Waals surface area contributed by atoms with Crippen LogP contribution in [0.2, 0.25) is 0 Å². The van der Waals surface area contributed by atoms with E-state index in [-0.39, 0.29) is 0 Å². The van der Waals surface area contributed by atoms with Gasteiger partial charge in [-0.2, -0.15) is 0 Å². The number of carbonyl (C=O) groups excluding carboxylic acids is 1. The van der Waals surface area contributed by atoms with E-state index in [1.54, 1.807) is 18.5 Å². The van der Waals surface area contributed by atoms with E-state index in [2.05, 4.69) is 9.72 Å². The van der Waals surface area contributed by atoms with Gasteiger partial charge in [-0.3, -0.25) is 4.79 Å². The van der Waals surface area contributed by atoms with Crippen LogP contribution in [0.25, 0.3) is 0 Å². The number of rotatable bonds is 3. The molecule has 0 aliphatic carbocycles. The molecule has 72 valence electrons. The van der Waals surface area contributed by atoms with E-state index in [4.69, 9.17) is 0 Å². The zero-order valence-corrected chi connectivity index (χ0v) is 8.25. The van der Waals surface area contributed by atoms with Crippen LogP contribution in [0.1, 0.15) is 18.0 Å². The molecule has 1 heterocycles. The molecular weight excluding hydrogens is 190 g/mol. The van der Waals surface area contributed by atoms with Crippen molar-refractivity contribution in [3.8, 4) is 0 Å². The summed E-state index contributed by atoms with van der Waals surface area (Å²) in [6.45, 7) is 1.61. The number of aliphatic hydroxyl groups is 1. The molecule has 5 heteroatoms. The van der Waals surface area contributed by atoms with Crippen molar-refractivity contribution in [3.05, 3.63) is 16.6 Å². The summed E-state index contributed by atoms with van der Waals surface area (Å²) in [6, 6.07) is 0. The number of aromatic nitrogens is 1. The number of hydrogen-bond acceptors (Lipinski definition) is 5. The molecule has 2 atom stereocenters. The minimum Gasteiger partial charge on any atom is -0.469 e. The van der Waals surface area contributed by atoms with E-state index in [1.165, 1.54) is 18.4 Å². The molecule has 0 saturated heterocycles. The first kappa shape index (κ1) is 10.1. The zero-order valence-electron chi connectivity index (χ0n) is 7.43. The Hall–Kier alpha value is -0.940. The summed E-state index contributed by atoms with van der Waals surface area (Å²) in [5, 5.41) is 11.9. The van der Waals surface area contributed by atoms with E-state index in [0.29, 0.717) is 5.01 Å². The van der Waals surface area contributed by atoms with Gasteiger partial charge in [-0.15, -0.1) is 11.3 Å². The molecule has 2 unspecified atom stereocenters. The fourth-order valence-electron chi connectivity index (χ4n) is 0.909. The van der Waals surface area contributed by atoms with Gasteiger partial charge in [-0.05, 0) is 6.92 Å².